The first-order valence-electron chi connectivity index (χ1n) is 6.10. The van der Waals surface area contributed by atoms with Crippen LogP contribution in [0.5, 0.6) is 0 Å². The number of hydrogen-bond acceptors (Lipinski definition) is 3. The first-order chi connectivity index (χ1) is 8.09. The van der Waals surface area contributed by atoms with E-state index in [1.165, 1.54) is 4.88 Å². The van der Waals surface area contributed by atoms with Crippen molar-refractivity contribution in [2.24, 2.45) is 0 Å². The smallest absolute Gasteiger partial charge is 0.0850 e. The predicted octanol–water partition coefficient (Wildman–Crippen LogP) is 4.26. The Balaban J connectivity index is 2.99. The second-order valence-corrected chi connectivity index (χ2v) is 5.75. The monoisotopic (exact) mass is 275 g/mol. The Bertz CT molecular complexity index is 336. The first-order valence-corrected chi connectivity index (χ1v) is 7.36. The van der Waals surface area contributed by atoms with Gasteiger partial charge in [0.2, 0.25) is 0 Å². The number of thiophene rings is 1. The minimum Gasteiger partial charge on any atom is -0.377 e. The highest BCUT2D eigenvalue weighted by atomic mass is 35.5. The van der Waals surface area contributed by atoms with Crippen LogP contribution < -0.4 is 5.32 Å². The number of nitrogens with one attached hydrogen (secondary N) is 1. The Kier molecular flexibility index (Phi) is 5.93. The van der Waals surface area contributed by atoms with Gasteiger partial charge >= 0.3 is 0 Å². The van der Waals surface area contributed by atoms with Gasteiger partial charge in [0.1, 0.15) is 0 Å². The summed E-state index contributed by atoms with van der Waals surface area (Å²) in [4.78, 5) is 1.17. The van der Waals surface area contributed by atoms with E-state index in [2.05, 4.69) is 26.1 Å². The highest BCUT2D eigenvalue weighted by Crippen LogP contribution is 2.38. The molecule has 2 nitrogen and oxygen atoms in total. The average Bonchev–Trinajstić information content (AvgIpc) is 2.75. The van der Waals surface area contributed by atoms with Crippen molar-refractivity contribution in [3.8, 4) is 0 Å². The van der Waals surface area contributed by atoms with E-state index in [0.29, 0.717) is 0 Å². The molecule has 0 aliphatic rings. The summed E-state index contributed by atoms with van der Waals surface area (Å²) in [5, 5.41) is 6.42. The fraction of sp³-hybridized carbons (Fsp3) is 0.692. The first kappa shape index (κ1) is 15.0. The van der Waals surface area contributed by atoms with Crippen LogP contribution in [0.25, 0.3) is 0 Å². The van der Waals surface area contributed by atoms with E-state index in [-0.39, 0.29) is 11.6 Å². The molecule has 2 unspecified atom stereocenters. The van der Waals surface area contributed by atoms with Gasteiger partial charge in [0.05, 0.1) is 16.7 Å². The summed E-state index contributed by atoms with van der Waals surface area (Å²) in [5.74, 6) is 0. The molecule has 0 aliphatic heterocycles. The molecule has 0 amide bonds. The summed E-state index contributed by atoms with van der Waals surface area (Å²) in [6, 6.07) is 2.11. The third-order valence-electron chi connectivity index (χ3n) is 3.28. The maximum Gasteiger partial charge on any atom is 0.0850 e. The van der Waals surface area contributed by atoms with Gasteiger partial charge in [-0.25, -0.2) is 0 Å². The molecule has 1 aromatic rings. The third-order valence-corrected chi connectivity index (χ3v) is 4.71. The van der Waals surface area contributed by atoms with Gasteiger partial charge in [0.25, 0.3) is 0 Å². The lowest BCUT2D eigenvalue weighted by Crippen LogP contribution is -2.42. The van der Waals surface area contributed by atoms with Crippen LogP contribution in [0.4, 0.5) is 0 Å². The summed E-state index contributed by atoms with van der Waals surface area (Å²) in [6.45, 7) is 7.41. The predicted molar refractivity (Wildman–Crippen MR) is 76.1 cm³/mol. The zero-order chi connectivity index (χ0) is 12.9. The molecule has 0 saturated carbocycles. The van der Waals surface area contributed by atoms with Crippen molar-refractivity contribution < 1.29 is 4.74 Å². The van der Waals surface area contributed by atoms with Crippen molar-refractivity contribution in [1.29, 1.82) is 0 Å². The molecule has 1 aromatic heterocycles. The maximum absolute atomic E-state index is 6.25. The van der Waals surface area contributed by atoms with Crippen LogP contribution in [0.2, 0.25) is 5.02 Å². The van der Waals surface area contributed by atoms with E-state index in [1.807, 2.05) is 11.4 Å². The number of halogens is 1. The van der Waals surface area contributed by atoms with Gasteiger partial charge < -0.3 is 10.1 Å². The summed E-state index contributed by atoms with van der Waals surface area (Å²) >= 11 is 7.94. The number of methoxy groups -OCH3 is 1. The van der Waals surface area contributed by atoms with Crippen molar-refractivity contribution in [2.75, 3.05) is 13.7 Å². The molecule has 2 atom stereocenters. The molecular weight excluding hydrogens is 254 g/mol. The number of rotatable bonds is 7. The van der Waals surface area contributed by atoms with E-state index in [4.69, 9.17) is 16.3 Å². The van der Waals surface area contributed by atoms with Crippen molar-refractivity contribution in [3.63, 3.8) is 0 Å². The van der Waals surface area contributed by atoms with Crippen molar-refractivity contribution in [3.05, 3.63) is 21.3 Å². The van der Waals surface area contributed by atoms with E-state index in [1.54, 1.807) is 18.4 Å². The van der Waals surface area contributed by atoms with Gasteiger partial charge in [-0.15, -0.1) is 11.3 Å². The Morgan fingerprint density at radius 1 is 1.53 bits per heavy atom. The standard InChI is InChI=1S/C13H22ClNOS/c1-5-8-15-12(13(3,6-2)16-4)11-10(14)7-9-17-11/h7,9,12,15H,5-6,8H2,1-4H3. The molecule has 0 radical (unpaired) electrons. The Hall–Kier alpha value is -0.0900. The average molecular weight is 276 g/mol. The molecule has 0 fully saturated rings. The summed E-state index contributed by atoms with van der Waals surface area (Å²) < 4.78 is 5.71. The van der Waals surface area contributed by atoms with Crippen molar-refractivity contribution in [1.82, 2.24) is 5.32 Å². The number of ether oxygens (including phenoxy) is 1. The molecule has 98 valence electrons. The van der Waals surface area contributed by atoms with Gasteiger partial charge in [0, 0.05) is 12.0 Å². The minimum absolute atomic E-state index is 0.157. The van der Waals surface area contributed by atoms with Crippen LogP contribution in [0.15, 0.2) is 11.4 Å². The lowest BCUT2D eigenvalue weighted by Gasteiger charge is -2.36. The summed E-state index contributed by atoms with van der Waals surface area (Å²) in [5.41, 5.74) is -0.219. The molecule has 0 bridgehead atoms. The van der Waals surface area contributed by atoms with Crippen LogP contribution in [0.1, 0.15) is 44.5 Å². The van der Waals surface area contributed by atoms with Gasteiger partial charge in [-0.3, -0.25) is 0 Å². The van der Waals surface area contributed by atoms with Gasteiger partial charge in [-0.1, -0.05) is 25.4 Å². The lowest BCUT2D eigenvalue weighted by molar-refractivity contribution is -0.0289. The van der Waals surface area contributed by atoms with Gasteiger partial charge in [-0.05, 0) is 37.8 Å². The summed E-state index contributed by atoms with van der Waals surface area (Å²) in [6.07, 6.45) is 2.04. The molecule has 1 rings (SSSR count). The van der Waals surface area contributed by atoms with Crippen LogP contribution >= 0.6 is 22.9 Å². The molecule has 1 heterocycles. The quantitative estimate of drug-likeness (QED) is 0.803. The van der Waals surface area contributed by atoms with Crippen LogP contribution in [-0.4, -0.2) is 19.3 Å². The third kappa shape index (κ3) is 3.44. The van der Waals surface area contributed by atoms with Crippen LogP contribution in [0.3, 0.4) is 0 Å². The van der Waals surface area contributed by atoms with Gasteiger partial charge in [0.15, 0.2) is 0 Å². The van der Waals surface area contributed by atoms with Gasteiger partial charge in [-0.2, -0.15) is 0 Å². The Morgan fingerprint density at radius 3 is 2.65 bits per heavy atom. The van der Waals surface area contributed by atoms with E-state index in [9.17, 15) is 0 Å². The zero-order valence-corrected chi connectivity index (χ0v) is 12.6. The van der Waals surface area contributed by atoms with Crippen molar-refractivity contribution >= 4 is 22.9 Å². The molecule has 0 aliphatic carbocycles. The zero-order valence-electron chi connectivity index (χ0n) is 11.0. The summed E-state index contributed by atoms with van der Waals surface area (Å²) in [7, 11) is 1.77. The Labute approximate surface area is 113 Å². The Morgan fingerprint density at radius 2 is 2.24 bits per heavy atom. The fourth-order valence-corrected chi connectivity index (χ4v) is 3.23. The topological polar surface area (TPSA) is 21.3 Å². The molecule has 17 heavy (non-hydrogen) atoms. The largest absolute Gasteiger partial charge is 0.377 e. The second kappa shape index (κ2) is 6.74. The highest BCUT2D eigenvalue weighted by molar-refractivity contribution is 7.10. The van der Waals surface area contributed by atoms with Crippen molar-refractivity contribution in [2.45, 2.75) is 45.3 Å². The van der Waals surface area contributed by atoms with Crippen LogP contribution in [0, 0.1) is 0 Å². The van der Waals surface area contributed by atoms with E-state index >= 15 is 0 Å². The molecule has 4 heteroatoms. The SMILES string of the molecule is CCCNC(c1sccc1Cl)C(C)(CC)OC. The van der Waals surface area contributed by atoms with Crippen LogP contribution in [-0.2, 0) is 4.74 Å². The normalized spacial score (nSPS) is 16.8. The lowest BCUT2D eigenvalue weighted by atomic mass is 9.91. The highest BCUT2D eigenvalue weighted by Gasteiger charge is 2.35. The maximum atomic E-state index is 6.25. The number of hydrogen-bond donors (Lipinski definition) is 1. The molecule has 1 N–H and O–H groups in total. The molecule has 0 spiro atoms. The molecule has 0 saturated heterocycles. The molecular formula is C13H22ClNOS. The molecule has 0 aromatic carbocycles. The second-order valence-electron chi connectivity index (χ2n) is 4.39. The van der Waals surface area contributed by atoms with E-state index in [0.717, 1.165) is 24.4 Å². The van der Waals surface area contributed by atoms with E-state index < -0.39 is 0 Å². The minimum atomic E-state index is -0.219. The fourth-order valence-electron chi connectivity index (χ4n) is 1.85.